The van der Waals surface area contributed by atoms with Gasteiger partial charge in [-0.05, 0) is 18.9 Å². The van der Waals surface area contributed by atoms with Crippen LogP contribution in [-0.2, 0) is 9.53 Å². The lowest BCUT2D eigenvalue weighted by Gasteiger charge is -2.21. The van der Waals surface area contributed by atoms with Crippen LogP contribution < -0.4 is 5.73 Å². The van der Waals surface area contributed by atoms with Crippen LogP contribution in [0.1, 0.15) is 31.9 Å². The predicted octanol–water partition coefficient (Wildman–Crippen LogP) is 2.28. The molecule has 3 heteroatoms. The first-order valence-corrected chi connectivity index (χ1v) is 5.67. The molecule has 3 nitrogen and oxygen atoms in total. The van der Waals surface area contributed by atoms with E-state index < -0.39 is 0 Å². The van der Waals surface area contributed by atoms with E-state index in [1.807, 2.05) is 37.3 Å². The summed E-state index contributed by atoms with van der Waals surface area (Å²) in [6, 6.07) is 9.37. The highest BCUT2D eigenvalue weighted by atomic mass is 16.5. The molecule has 1 aromatic rings. The molecule has 2 N–H and O–H groups in total. The Balaban J connectivity index is 2.77. The summed E-state index contributed by atoms with van der Waals surface area (Å²) in [5.41, 5.74) is 7.05. The Morgan fingerprint density at radius 3 is 2.44 bits per heavy atom. The second-order valence-corrected chi connectivity index (χ2v) is 3.70. The molecule has 1 aromatic carbocycles. The van der Waals surface area contributed by atoms with Crippen molar-refractivity contribution in [3.05, 3.63) is 35.9 Å². The molecule has 1 rings (SSSR count). The molecule has 0 radical (unpaired) electrons. The summed E-state index contributed by atoms with van der Waals surface area (Å²) in [4.78, 5) is 11.7. The van der Waals surface area contributed by atoms with Gasteiger partial charge >= 0.3 is 5.97 Å². The maximum absolute atomic E-state index is 11.7. The Kier molecular flexibility index (Phi) is 4.99. The predicted molar refractivity (Wildman–Crippen MR) is 63.8 cm³/mol. The van der Waals surface area contributed by atoms with Gasteiger partial charge in [-0.3, -0.25) is 4.79 Å². The lowest BCUT2D eigenvalue weighted by molar-refractivity contribution is -0.148. The minimum atomic E-state index is -0.287. The lowest BCUT2D eigenvalue weighted by Crippen LogP contribution is -2.29. The average molecular weight is 221 g/mol. The highest BCUT2D eigenvalue weighted by Gasteiger charge is 2.25. The number of hydrogen-bond acceptors (Lipinski definition) is 3. The molecule has 16 heavy (non-hydrogen) atoms. The normalized spacial score (nSPS) is 14.2. The van der Waals surface area contributed by atoms with Gasteiger partial charge in [-0.15, -0.1) is 0 Å². The second-order valence-electron chi connectivity index (χ2n) is 3.70. The number of carbonyl (C=O) groups excluding carboxylic acids is 1. The summed E-state index contributed by atoms with van der Waals surface area (Å²) in [6.07, 6.45) is 0.689. The molecule has 0 aliphatic rings. The van der Waals surface area contributed by atoms with Crippen LogP contribution in [0.2, 0.25) is 0 Å². The van der Waals surface area contributed by atoms with Crippen LogP contribution in [0.15, 0.2) is 30.3 Å². The van der Waals surface area contributed by atoms with Crippen LogP contribution in [0.25, 0.3) is 0 Å². The molecule has 0 aliphatic carbocycles. The highest BCUT2D eigenvalue weighted by molar-refractivity contribution is 5.73. The van der Waals surface area contributed by atoms with E-state index in [-0.39, 0.29) is 17.9 Å². The Morgan fingerprint density at radius 1 is 1.31 bits per heavy atom. The molecule has 0 aliphatic heterocycles. The molecule has 2 atom stereocenters. The molecule has 88 valence electrons. The summed E-state index contributed by atoms with van der Waals surface area (Å²) < 4.78 is 5.02. The zero-order valence-corrected chi connectivity index (χ0v) is 9.85. The van der Waals surface area contributed by atoms with Crippen molar-refractivity contribution in [3.63, 3.8) is 0 Å². The van der Waals surface area contributed by atoms with E-state index in [9.17, 15) is 4.79 Å². The quantitative estimate of drug-likeness (QED) is 0.776. The third-order valence-electron chi connectivity index (χ3n) is 2.65. The minimum Gasteiger partial charge on any atom is -0.466 e. The van der Waals surface area contributed by atoms with E-state index in [0.29, 0.717) is 13.0 Å². The molecule has 0 bridgehead atoms. The van der Waals surface area contributed by atoms with E-state index in [0.717, 1.165) is 5.56 Å². The maximum Gasteiger partial charge on any atom is 0.310 e. The number of rotatable bonds is 5. The van der Waals surface area contributed by atoms with Gasteiger partial charge in [-0.1, -0.05) is 37.3 Å². The number of hydrogen-bond donors (Lipinski definition) is 1. The number of ether oxygens (including phenoxy) is 1. The van der Waals surface area contributed by atoms with E-state index in [1.165, 1.54) is 0 Å². The molecule has 0 saturated heterocycles. The van der Waals surface area contributed by atoms with Crippen molar-refractivity contribution >= 4 is 5.97 Å². The Labute approximate surface area is 96.6 Å². The molecule has 0 saturated carbocycles. The van der Waals surface area contributed by atoms with Crippen LogP contribution in [0.4, 0.5) is 0 Å². The molecular weight excluding hydrogens is 202 g/mol. The average Bonchev–Trinajstić information content (AvgIpc) is 2.31. The first-order valence-electron chi connectivity index (χ1n) is 5.67. The third kappa shape index (κ3) is 3.07. The monoisotopic (exact) mass is 221 g/mol. The van der Waals surface area contributed by atoms with Gasteiger partial charge in [0.15, 0.2) is 0 Å². The van der Waals surface area contributed by atoms with Gasteiger partial charge in [-0.25, -0.2) is 0 Å². The number of benzene rings is 1. The molecule has 0 fully saturated rings. The molecule has 0 heterocycles. The molecule has 0 aromatic heterocycles. The molecular formula is C13H19NO2. The molecule has 0 amide bonds. The first kappa shape index (κ1) is 12.7. The Morgan fingerprint density at radius 2 is 1.94 bits per heavy atom. The first-order chi connectivity index (χ1) is 7.70. The number of carbonyl (C=O) groups is 1. The van der Waals surface area contributed by atoms with Crippen molar-refractivity contribution in [1.82, 2.24) is 0 Å². The standard InChI is InChI=1S/C13H19NO2/c1-3-11(13(15)16-4-2)12(14)10-8-6-5-7-9-10/h5-9,11-12H,3-4,14H2,1-2H3. The van der Waals surface area contributed by atoms with E-state index in [2.05, 4.69) is 0 Å². The largest absolute Gasteiger partial charge is 0.466 e. The van der Waals surface area contributed by atoms with Gasteiger partial charge in [0.1, 0.15) is 0 Å². The van der Waals surface area contributed by atoms with Crippen molar-refractivity contribution in [2.45, 2.75) is 26.3 Å². The van der Waals surface area contributed by atoms with E-state index in [4.69, 9.17) is 10.5 Å². The van der Waals surface area contributed by atoms with Crippen molar-refractivity contribution in [2.24, 2.45) is 11.7 Å². The smallest absolute Gasteiger partial charge is 0.310 e. The van der Waals surface area contributed by atoms with Crippen LogP contribution in [0.3, 0.4) is 0 Å². The highest BCUT2D eigenvalue weighted by Crippen LogP contribution is 2.23. The fourth-order valence-electron chi connectivity index (χ4n) is 1.72. The van der Waals surface area contributed by atoms with Gasteiger partial charge in [0.05, 0.1) is 12.5 Å². The van der Waals surface area contributed by atoms with Crippen LogP contribution in [0, 0.1) is 5.92 Å². The van der Waals surface area contributed by atoms with Gasteiger partial charge < -0.3 is 10.5 Å². The summed E-state index contributed by atoms with van der Waals surface area (Å²) in [6.45, 7) is 4.15. The fraction of sp³-hybridized carbons (Fsp3) is 0.462. The molecule has 2 unspecified atom stereocenters. The Bertz CT molecular complexity index is 324. The fourth-order valence-corrected chi connectivity index (χ4v) is 1.72. The maximum atomic E-state index is 11.7. The SMILES string of the molecule is CCOC(=O)C(CC)C(N)c1ccccc1. The van der Waals surface area contributed by atoms with Crippen molar-refractivity contribution in [3.8, 4) is 0 Å². The number of esters is 1. The van der Waals surface area contributed by atoms with Crippen molar-refractivity contribution in [2.75, 3.05) is 6.61 Å². The topological polar surface area (TPSA) is 52.3 Å². The van der Waals surface area contributed by atoms with Gasteiger partial charge in [0, 0.05) is 6.04 Å². The third-order valence-corrected chi connectivity index (χ3v) is 2.65. The van der Waals surface area contributed by atoms with Crippen LogP contribution >= 0.6 is 0 Å². The van der Waals surface area contributed by atoms with Crippen LogP contribution in [-0.4, -0.2) is 12.6 Å². The zero-order chi connectivity index (χ0) is 12.0. The van der Waals surface area contributed by atoms with E-state index in [1.54, 1.807) is 6.92 Å². The van der Waals surface area contributed by atoms with E-state index >= 15 is 0 Å². The van der Waals surface area contributed by atoms with Crippen molar-refractivity contribution < 1.29 is 9.53 Å². The van der Waals surface area contributed by atoms with Gasteiger partial charge in [0.25, 0.3) is 0 Å². The zero-order valence-electron chi connectivity index (χ0n) is 9.85. The Hall–Kier alpha value is -1.35. The second kappa shape index (κ2) is 6.28. The summed E-state index contributed by atoms with van der Waals surface area (Å²) in [7, 11) is 0. The number of nitrogens with two attached hydrogens (primary N) is 1. The van der Waals surface area contributed by atoms with Crippen LogP contribution in [0.5, 0.6) is 0 Å². The molecule has 0 spiro atoms. The summed E-state index contributed by atoms with van der Waals surface area (Å²) in [5.74, 6) is -0.469. The lowest BCUT2D eigenvalue weighted by atomic mass is 9.92. The van der Waals surface area contributed by atoms with Gasteiger partial charge in [0.2, 0.25) is 0 Å². The van der Waals surface area contributed by atoms with Crippen molar-refractivity contribution in [1.29, 1.82) is 0 Å². The minimum absolute atomic E-state index is 0.207. The summed E-state index contributed by atoms with van der Waals surface area (Å²) >= 11 is 0. The summed E-state index contributed by atoms with van der Waals surface area (Å²) in [5, 5.41) is 0. The van der Waals surface area contributed by atoms with Gasteiger partial charge in [-0.2, -0.15) is 0 Å².